The number of nitro groups is 1. The van der Waals surface area contributed by atoms with Crippen molar-refractivity contribution in [3.8, 4) is 22.8 Å². The summed E-state index contributed by atoms with van der Waals surface area (Å²) in [6, 6.07) is 17.8. The number of furan rings is 1. The fourth-order valence-corrected chi connectivity index (χ4v) is 3.55. The summed E-state index contributed by atoms with van der Waals surface area (Å²) in [4.78, 5) is 31.5. The van der Waals surface area contributed by atoms with Crippen LogP contribution in [0.4, 0.5) is 11.4 Å². The Morgan fingerprint density at radius 2 is 1.80 bits per heavy atom. The highest BCUT2D eigenvalue weighted by molar-refractivity contribution is 7.80. The van der Waals surface area contributed by atoms with Gasteiger partial charge in [-0.25, -0.2) is 4.98 Å². The normalized spacial score (nSPS) is 10.7. The third-order valence-electron chi connectivity index (χ3n) is 4.97. The zero-order valence-electron chi connectivity index (χ0n) is 17.8. The average molecular weight is 485 g/mol. The molecule has 0 saturated carbocycles. The molecule has 2 N–H and O–H groups in total. The van der Waals surface area contributed by atoms with Gasteiger partial charge in [-0.3, -0.25) is 25.2 Å². The number of carbonyl (C=O) groups excluding carboxylic acids is 1. The molecule has 0 aliphatic heterocycles. The smallest absolute Gasteiger partial charge is 0.293 e. The fourth-order valence-electron chi connectivity index (χ4n) is 3.34. The maximum atomic E-state index is 12.6. The van der Waals surface area contributed by atoms with Crippen LogP contribution in [-0.2, 0) is 0 Å². The van der Waals surface area contributed by atoms with Crippen LogP contribution in [0.1, 0.15) is 10.6 Å². The number of nitrogens with one attached hydrogen (secondary N) is 2. The zero-order valence-corrected chi connectivity index (χ0v) is 18.6. The first kappa shape index (κ1) is 21.9. The van der Waals surface area contributed by atoms with Gasteiger partial charge in [0, 0.05) is 41.3 Å². The third kappa shape index (κ3) is 4.75. The van der Waals surface area contributed by atoms with Gasteiger partial charge in [-0.2, -0.15) is 0 Å². The van der Waals surface area contributed by atoms with Gasteiger partial charge in [0.1, 0.15) is 11.3 Å². The van der Waals surface area contributed by atoms with E-state index in [2.05, 4.69) is 20.6 Å². The predicted molar refractivity (Wildman–Crippen MR) is 132 cm³/mol. The van der Waals surface area contributed by atoms with Gasteiger partial charge in [0.25, 0.3) is 11.6 Å². The number of fused-ring (bicyclic) bond motifs is 1. The van der Waals surface area contributed by atoms with E-state index in [1.165, 1.54) is 18.2 Å². The first-order chi connectivity index (χ1) is 17.0. The second-order valence-corrected chi connectivity index (χ2v) is 7.73. The van der Waals surface area contributed by atoms with Crippen molar-refractivity contribution in [1.29, 1.82) is 0 Å². The summed E-state index contributed by atoms with van der Waals surface area (Å²) in [6.07, 6.45) is 3.31. The highest BCUT2D eigenvalue weighted by atomic mass is 32.1. The lowest BCUT2D eigenvalue weighted by Crippen LogP contribution is -2.33. The molecule has 10 nitrogen and oxygen atoms in total. The molecule has 1 amide bonds. The van der Waals surface area contributed by atoms with E-state index in [0.29, 0.717) is 34.0 Å². The number of nitro benzene ring substituents is 1. The Bertz CT molecular complexity index is 1580. The first-order valence-corrected chi connectivity index (χ1v) is 10.6. The Balaban J connectivity index is 1.26. The summed E-state index contributed by atoms with van der Waals surface area (Å²) in [5.74, 6) is 0.221. The molecule has 0 spiro atoms. The van der Waals surface area contributed by atoms with Crippen molar-refractivity contribution in [2.75, 3.05) is 5.32 Å². The largest absolute Gasteiger partial charge is 0.451 e. The molecular formula is C24H15N5O5S. The van der Waals surface area contributed by atoms with Crippen molar-refractivity contribution in [2.45, 2.75) is 0 Å². The number of non-ortho nitro benzene ring substituents is 1. The van der Waals surface area contributed by atoms with E-state index in [1.54, 1.807) is 60.9 Å². The van der Waals surface area contributed by atoms with Gasteiger partial charge < -0.3 is 14.2 Å². The van der Waals surface area contributed by atoms with Crippen molar-refractivity contribution < 1.29 is 18.6 Å². The summed E-state index contributed by atoms with van der Waals surface area (Å²) < 4.78 is 11.3. The minimum atomic E-state index is -0.568. The molecule has 0 aliphatic rings. The van der Waals surface area contributed by atoms with Gasteiger partial charge in [0.2, 0.25) is 5.89 Å². The van der Waals surface area contributed by atoms with Crippen molar-refractivity contribution in [1.82, 2.24) is 15.3 Å². The molecule has 172 valence electrons. The predicted octanol–water partition coefficient (Wildman–Crippen LogP) is 5.18. The van der Waals surface area contributed by atoms with E-state index in [1.807, 2.05) is 0 Å². The van der Waals surface area contributed by atoms with Crippen molar-refractivity contribution >= 4 is 45.7 Å². The number of oxazole rings is 1. The number of hydrogen-bond donors (Lipinski definition) is 2. The minimum absolute atomic E-state index is 0.00426. The number of hydrogen-bond acceptors (Lipinski definition) is 8. The number of rotatable bonds is 5. The molecule has 0 aliphatic carbocycles. The molecule has 11 heteroatoms. The second-order valence-electron chi connectivity index (χ2n) is 7.32. The van der Waals surface area contributed by atoms with Crippen molar-refractivity contribution in [2.24, 2.45) is 0 Å². The lowest BCUT2D eigenvalue weighted by Gasteiger charge is -2.08. The summed E-state index contributed by atoms with van der Waals surface area (Å²) in [6.45, 7) is 0. The van der Waals surface area contributed by atoms with Gasteiger partial charge >= 0.3 is 0 Å². The number of amides is 1. The molecule has 0 bridgehead atoms. The van der Waals surface area contributed by atoms with Gasteiger partial charge in [-0.05, 0) is 54.7 Å². The van der Waals surface area contributed by atoms with Crippen LogP contribution in [0.5, 0.6) is 0 Å². The van der Waals surface area contributed by atoms with Crippen LogP contribution in [0.2, 0.25) is 0 Å². The highest BCUT2D eigenvalue weighted by Crippen LogP contribution is 2.27. The molecule has 3 heterocycles. The molecule has 0 atom stereocenters. The van der Waals surface area contributed by atoms with Gasteiger partial charge in [-0.15, -0.1) is 0 Å². The van der Waals surface area contributed by atoms with Crippen LogP contribution < -0.4 is 10.6 Å². The molecule has 2 aromatic carbocycles. The Morgan fingerprint density at radius 1 is 0.971 bits per heavy atom. The number of pyridine rings is 1. The number of nitrogens with zero attached hydrogens (tertiary/aromatic N) is 3. The number of benzene rings is 2. The minimum Gasteiger partial charge on any atom is -0.451 e. The van der Waals surface area contributed by atoms with E-state index in [-0.39, 0.29) is 16.6 Å². The van der Waals surface area contributed by atoms with Crippen molar-refractivity contribution in [3.63, 3.8) is 0 Å². The topological polar surface area (TPSA) is 136 Å². The molecular weight excluding hydrogens is 470 g/mol. The molecule has 0 unspecified atom stereocenters. The maximum Gasteiger partial charge on any atom is 0.293 e. The zero-order chi connectivity index (χ0) is 24.4. The Hall–Kier alpha value is -4.90. The van der Waals surface area contributed by atoms with Gasteiger partial charge in [0.15, 0.2) is 16.5 Å². The van der Waals surface area contributed by atoms with Crippen LogP contribution in [0, 0.1) is 10.1 Å². The first-order valence-electron chi connectivity index (χ1n) is 10.2. The average Bonchev–Trinajstić information content (AvgIpc) is 3.52. The standard InChI is InChI=1S/C24H15N5O5S/c30-22(21-7-6-19(33-21)15-2-1-3-17(12-15)29(31)32)28-24(35)26-16-4-5-20-18(13-16)27-23(34-20)14-8-10-25-11-9-14/h1-13H,(H2,26,28,30,35). The number of aromatic nitrogens is 2. The molecule has 0 fully saturated rings. The van der Waals surface area contributed by atoms with Crippen LogP contribution in [0.3, 0.4) is 0 Å². The molecule has 0 radical (unpaired) electrons. The summed E-state index contributed by atoms with van der Waals surface area (Å²) in [7, 11) is 0. The summed E-state index contributed by atoms with van der Waals surface area (Å²) >= 11 is 5.25. The molecule has 35 heavy (non-hydrogen) atoms. The van der Waals surface area contributed by atoms with Crippen LogP contribution in [-0.4, -0.2) is 25.9 Å². The summed E-state index contributed by atoms with van der Waals surface area (Å²) in [5.41, 5.74) is 3.02. The van der Waals surface area contributed by atoms with E-state index < -0.39 is 10.8 Å². The number of thiocarbonyl (C=S) groups is 1. The van der Waals surface area contributed by atoms with Crippen LogP contribution in [0.25, 0.3) is 33.9 Å². The Labute approximate surface area is 202 Å². The van der Waals surface area contributed by atoms with Crippen LogP contribution >= 0.6 is 12.2 Å². The fraction of sp³-hybridized carbons (Fsp3) is 0. The van der Waals surface area contributed by atoms with E-state index in [0.717, 1.165) is 5.56 Å². The summed E-state index contributed by atoms with van der Waals surface area (Å²) in [5, 5.41) is 16.5. The van der Waals surface area contributed by atoms with E-state index in [9.17, 15) is 14.9 Å². The second kappa shape index (κ2) is 9.15. The number of anilines is 1. The van der Waals surface area contributed by atoms with Crippen LogP contribution in [0.15, 0.2) is 88.0 Å². The molecule has 5 aromatic rings. The molecule has 3 aromatic heterocycles. The van der Waals surface area contributed by atoms with E-state index >= 15 is 0 Å². The lowest BCUT2D eigenvalue weighted by atomic mass is 10.1. The van der Waals surface area contributed by atoms with Gasteiger partial charge in [-0.1, -0.05) is 12.1 Å². The lowest BCUT2D eigenvalue weighted by molar-refractivity contribution is -0.384. The Kier molecular flexibility index (Phi) is 5.73. The maximum absolute atomic E-state index is 12.6. The SMILES string of the molecule is O=C(NC(=S)Nc1ccc2oc(-c3ccncc3)nc2c1)c1ccc(-c2cccc([N+](=O)[O-])c2)o1. The quantitative estimate of drug-likeness (QED) is 0.196. The van der Waals surface area contributed by atoms with E-state index in [4.69, 9.17) is 21.1 Å². The monoisotopic (exact) mass is 485 g/mol. The van der Waals surface area contributed by atoms with Crippen molar-refractivity contribution in [3.05, 3.63) is 95.0 Å². The molecule has 0 saturated heterocycles. The number of carbonyl (C=O) groups is 1. The highest BCUT2D eigenvalue weighted by Gasteiger charge is 2.16. The van der Waals surface area contributed by atoms with Gasteiger partial charge in [0.05, 0.1) is 4.92 Å². The molecule has 5 rings (SSSR count). The third-order valence-corrected chi connectivity index (χ3v) is 5.18. The Morgan fingerprint density at radius 3 is 2.60 bits per heavy atom.